The summed E-state index contributed by atoms with van der Waals surface area (Å²) in [6.07, 6.45) is 0. The van der Waals surface area contributed by atoms with Gasteiger partial charge in [-0.05, 0) is 17.7 Å². The van der Waals surface area contributed by atoms with Crippen molar-refractivity contribution in [2.75, 3.05) is 5.32 Å². The number of hydrogen-bond donors (Lipinski definition) is 5. The number of rotatable bonds is 1. The van der Waals surface area contributed by atoms with Gasteiger partial charge in [-0.3, -0.25) is 24.5 Å². The van der Waals surface area contributed by atoms with Crippen molar-refractivity contribution in [3.05, 3.63) is 88.6 Å². The van der Waals surface area contributed by atoms with Gasteiger partial charge in [0.1, 0.15) is 17.3 Å². The largest absolute Gasteiger partial charge is 0.335 e. The molecule has 3 aromatic rings. The first-order valence-electron chi connectivity index (χ1n) is 7.19. The van der Waals surface area contributed by atoms with Gasteiger partial charge in [0.25, 0.3) is 11.1 Å². The molecule has 10 heteroatoms. The first kappa shape index (κ1) is 14.9. The summed E-state index contributed by atoms with van der Waals surface area (Å²) in [7, 11) is 0. The number of aromatic amines is 4. The highest BCUT2D eigenvalue weighted by Gasteiger charge is 2.33. The number of aromatic nitrogens is 4. The second-order valence-corrected chi connectivity index (χ2v) is 5.50. The summed E-state index contributed by atoms with van der Waals surface area (Å²) < 4.78 is 13.3. The zero-order chi connectivity index (χ0) is 17.7. The van der Waals surface area contributed by atoms with E-state index >= 15 is 0 Å². The van der Waals surface area contributed by atoms with Gasteiger partial charge >= 0.3 is 11.4 Å². The lowest BCUT2D eigenvalue weighted by atomic mass is 9.86. The zero-order valence-corrected chi connectivity index (χ0v) is 12.4. The van der Waals surface area contributed by atoms with Crippen LogP contribution in [0.2, 0.25) is 0 Å². The summed E-state index contributed by atoms with van der Waals surface area (Å²) in [5.41, 5.74) is -2.21. The molecule has 3 heterocycles. The highest BCUT2D eigenvalue weighted by molar-refractivity contribution is 5.70. The van der Waals surface area contributed by atoms with E-state index < -0.39 is 34.2 Å². The van der Waals surface area contributed by atoms with E-state index in [4.69, 9.17) is 0 Å². The van der Waals surface area contributed by atoms with Crippen molar-refractivity contribution in [1.29, 1.82) is 0 Å². The fourth-order valence-electron chi connectivity index (χ4n) is 2.97. The van der Waals surface area contributed by atoms with Gasteiger partial charge in [0.15, 0.2) is 0 Å². The van der Waals surface area contributed by atoms with Gasteiger partial charge < -0.3 is 10.3 Å². The van der Waals surface area contributed by atoms with Crippen molar-refractivity contribution in [2.45, 2.75) is 5.92 Å². The van der Waals surface area contributed by atoms with Crippen molar-refractivity contribution in [3.63, 3.8) is 0 Å². The summed E-state index contributed by atoms with van der Waals surface area (Å²) in [4.78, 5) is 56.8. The number of H-pyrrole nitrogens is 4. The molecule has 1 atom stereocenters. The van der Waals surface area contributed by atoms with Crippen molar-refractivity contribution < 1.29 is 4.39 Å². The monoisotopic (exact) mass is 343 g/mol. The molecule has 1 aromatic carbocycles. The normalized spacial score (nSPS) is 15.2. The van der Waals surface area contributed by atoms with Gasteiger partial charge in [0.2, 0.25) is 0 Å². The van der Waals surface area contributed by atoms with E-state index in [0.717, 1.165) is 0 Å². The van der Waals surface area contributed by atoms with Gasteiger partial charge in [0, 0.05) is 0 Å². The molecule has 0 bridgehead atoms. The SMILES string of the molecule is O=c1[nH]c2c(c(=O)[nH]1)Nc1[nH]c(=O)[nH]c(=O)c1C2c1ccc(F)cc1. The van der Waals surface area contributed by atoms with Gasteiger partial charge in [-0.15, -0.1) is 0 Å². The Balaban J connectivity index is 2.11. The van der Waals surface area contributed by atoms with Crippen molar-refractivity contribution in [3.8, 4) is 0 Å². The van der Waals surface area contributed by atoms with E-state index in [1.54, 1.807) is 0 Å². The molecule has 126 valence electrons. The second-order valence-electron chi connectivity index (χ2n) is 5.50. The Kier molecular flexibility index (Phi) is 3.07. The highest BCUT2D eigenvalue weighted by Crippen LogP contribution is 2.38. The zero-order valence-electron chi connectivity index (χ0n) is 12.4. The highest BCUT2D eigenvalue weighted by atomic mass is 19.1. The van der Waals surface area contributed by atoms with Crippen LogP contribution in [0, 0.1) is 5.82 Å². The first-order valence-corrected chi connectivity index (χ1v) is 7.19. The van der Waals surface area contributed by atoms with Crippen LogP contribution in [0.25, 0.3) is 0 Å². The number of fused-ring (bicyclic) bond motifs is 2. The number of benzene rings is 1. The van der Waals surface area contributed by atoms with E-state index in [-0.39, 0.29) is 22.8 Å². The summed E-state index contributed by atoms with van der Waals surface area (Å²) in [6.45, 7) is 0. The third-order valence-electron chi connectivity index (χ3n) is 3.98. The fraction of sp³-hybridized carbons (Fsp3) is 0.0667. The number of halogens is 1. The van der Waals surface area contributed by atoms with E-state index in [1.807, 2.05) is 0 Å². The predicted molar refractivity (Wildman–Crippen MR) is 86.0 cm³/mol. The van der Waals surface area contributed by atoms with Crippen LogP contribution in [0.15, 0.2) is 43.4 Å². The van der Waals surface area contributed by atoms with E-state index in [9.17, 15) is 23.6 Å². The Morgan fingerprint density at radius 1 is 0.800 bits per heavy atom. The molecule has 0 radical (unpaired) electrons. The maximum absolute atomic E-state index is 13.3. The van der Waals surface area contributed by atoms with Crippen LogP contribution < -0.4 is 27.8 Å². The molecular formula is C15H10FN5O4. The third kappa shape index (κ3) is 2.31. The lowest BCUT2D eigenvalue weighted by Crippen LogP contribution is -2.36. The molecule has 5 N–H and O–H groups in total. The summed E-state index contributed by atoms with van der Waals surface area (Å²) in [5, 5.41) is 2.67. The van der Waals surface area contributed by atoms with Crippen LogP contribution in [-0.2, 0) is 0 Å². The van der Waals surface area contributed by atoms with Gasteiger partial charge in [0.05, 0.1) is 17.2 Å². The third-order valence-corrected chi connectivity index (χ3v) is 3.98. The lowest BCUT2D eigenvalue weighted by Gasteiger charge is -2.26. The van der Waals surface area contributed by atoms with E-state index in [2.05, 4.69) is 25.3 Å². The Labute approximate surface area is 136 Å². The molecular weight excluding hydrogens is 333 g/mol. The summed E-state index contributed by atoms with van der Waals surface area (Å²) >= 11 is 0. The number of nitrogens with one attached hydrogen (secondary N) is 5. The van der Waals surface area contributed by atoms with Crippen LogP contribution in [-0.4, -0.2) is 19.9 Å². The van der Waals surface area contributed by atoms with Gasteiger partial charge in [-0.2, -0.15) is 0 Å². The molecule has 1 unspecified atom stereocenters. The summed E-state index contributed by atoms with van der Waals surface area (Å²) in [5.74, 6) is -1.32. The van der Waals surface area contributed by atoms with Crippen LogP contribution in [0.3, 0.4) is 0 Å². The first-order chi connectivity index (χ1) is 11.9. The minimum Gasteiger partial charge on any atom is -0.335 e. The van der Waals surface area contributed by atoms with Gasteiger partial charge in [-0.1, -0.05) is 12.1 Å². The van der Waals surface area contributed by atoms with Crippen LogP contribution >= 0.6 is 0 Å². The Bertz CT molecular complexity index is 1220. The minimum atomic E-state index is -0.873. The Morgan fingerprint density at radius 2 is 1.44 bits per heavy atom. The molecule has 9 nitrogen and oxygen atoms in total. The average Bonchev–Trinajstić information content (AvgIpc) is 2.54. The minimum absolute atomic E-state index is 0.0114. The Morgan fingerprint density at radius 3 is 2.16 bits per heavy atom. The lowest BCUT2D eigenvalue weighted by molar-refractivity contribution is 0.626. The van der Waals surface area contributed by atoms with E-state index in [1.165, 1.54) is 24.3 Å². The molecule has 4 rings (SSSR count). The second kappa shape index (κ2) is 5.16. The van der Waals surface area contributed by atoms with Crippen LogP contribution in [0.5, 0.6) is 0 Å². The van der Waals surface area contributed by atoms with Crippen LogP contribution in [0.4, 0.5) is 15.9 Å². The van der Waals surface area contributed by atoms with Gasteiger partial charge in [-0.25, -0.2) is 14.0 Å². The fourth-order valence-corrected chi connectivity index (χ4v) is 2.97. The average molecular weight is 343 g/mol. The van der Waals surface area contributed by atoms with Crippen molar-refractivity contribution in [1.82, 2.24) is 19.9 Å². The topological polar surface area (TPSA) is 143 Å². The number of hydrogen-bond acceptors (Lipinski definition) is 5. The molecule has 0 fully saturated rings. The Hall–Kier alpha value is -3.69. The molecule has 1 aliphatic heterocycles. The van der Waals surface area contributed by atoms with Crippen molar-refractivity contribution in [2.24, 2.45) is 0 Å². The molecule has 0 spiro atoms. The molecule has 1 aliphatic rings. The standard InChI is InChI=1S/C15H10FN5O4/c16-6-3-1-5(2-4-6)7-8-11(19-15(25)20-12(8)22)17-10-9(7)18-14(24)21-13(10)23/h1-4,7H,(H2,18,21,23,24)(H3,17,19,20,22,25). The molecule has 0 saturated heterocycles. The molecule has 2 aromatic heterocycles. The van der Waals surface area contributed by atoms with Crippen molar-refractivity contribution >= 4 is 11.5 Å². The van der Waals surface area contributed by atoms with E-state index in [0.29, 0.717) is 5.56 Å². The van der Waals surface area contributed by atoms with Crippen LogP contribution in [0.1, 0.15) is 22.7 Å². The smallest absolute Gasteiger partial charge is 0.327 e. The molecule has 0 saturated carbocycles. The molecule has 25 heavy (non-hydrogen) atoms. The molecule has 0 amide bonds. The number of anilines is 2. The maximum atomic E-state index is 13.3. The summed E-state index contributed by atoms with van der Waals surface area (Å²) in [6, 6.07) is 5.26. The predicted octanol–water partition coefficient (Wildman–Crippen LogP) is -0.184. The quantitative estimate of drug-likeness (QED) is 0.326. The molecule has 0 aliphatic carbocycles. The maximum Gasteiger partial charge on any atom is 0.327 e.